The molecule has 1 nitrogen and oxygen atoms in total. The van der Waals surface area contributed by atoms with E-state index in [1.54, 1.807) is 0 Å². The molecule has 0 fully saturated rings. The summed E-state index contributed by atoms with van der Waals surface area (Å²) in [4.78, 5) is 5.26. The molecular formula is C33H27N. The summed E-state index contributed by atoms with van der Waals surface area (Å²) in [5, 5.41) is 1.23. The number of benzene rings is 4. The molecule has 4 aromatic carbocycles. The van der Waals surface area contributed by atoms with Gasteiger partial charge in [0.05, 0.1) is 16.6 Å². The van der Waals surface area contributed by atoms with Crippen LogP contribution in [0.15, 0.2) is 110 Å². The molecule has 0 saturated heterocycles. The van der Waals surface area contributed by atoms with Gasteiger partial charge in [-0.15, -0.1) is 6.58 Å². The Hall–Kier alpha value is -3.97. The maximum Gasteiger partial charge on any atom is 0.0791 e. The second-order valence-electron chi connectivity index (χ2n) is 9.41. The van der Waals surface area contributed by atoms with Crippen molar-refractivity contribution < 1.29 is 0 Å². The van der Waals surface area contributed by atoms with Gasteiger partial charge in [-0.1, -0.05) is 102 Å². The Labute approximate surface area is 201 Å². The Morgan fingerprint density at radius 3 is 2.26 bits per heavy atom. The number of aryl methyl sites for hydroxylation is 2. The quantitative estimate of drug-likeness (QED) is 0.257. The van der Waals surface area contributed by atoms with Gasteiger partial charge in [-0.3, -0.25) is 0 Å². The van der Waals surface area contributed by atoms with Gasteiger partial charge in [-0.2, -0.15) is 0 Å². The van der Waals surface area contributed by atoms with Crippen LogP contribution < -0.4 is 0 Å². The highest BCUT2D eigenvalue weighted by Gasteiger charge is 2.46. The van der Waals surface area contributed by atoms with Gasteiger partial charge >= 0.3 is 0 Å². The van der Waals surface area contributed by atoms with E-state index in [-0.39, 0.29) is 5.41 Å². The van der Waals surface area contributed by atoms with Crippen molar-refractivity contribution in [2.45, 2.75) is 25.7 Å². The summed E-state index contributed by atoms with van der Waals surface area (Å²) >= 11 is 0. The summed E-state index contributed by atoms with van der Waals surface area (Å²) < 4.78 is 0. The molecule has 0 radical (unpaired) electrons. The molecule has 0 bridgehead atoms. The van der Waals surface area contributed by atoms with Crippen LogP contribution in [0.5, 0.6) is 0 Å². The minimum Gasteiger partial charge on any atom is -0.247 e. The number of allylic oxidation sites excluding steroid dienone is 1. The molecule has 1 aromatic heterocycles. The molecule has 1 atom stereocenters. The number of hydrogen-bond acceptors (Lipinski definition) is 1. The van der Waals surface area contributed by atoms with Gasteiger partial charge in [-0.25, -0.2) is 4.98 Å². The number of pyridine rings is 1. The van der Waals surface area contributed by atoms with E-state index in [1.165, 1.54) is 44.3 Å². The van der Waals surface area contributed by atoms with Gasteiger partial charge in [0.15, 0.2) is 0 Å². The summed E-state index contributed by atoms with van der Waals surface area (Å²) in [6, 6.07) is 35.2. The van der Waals surface area contributed by atoms with Crippen LogP contribution in [0.1, 0.15) is 34.2 Å². The lowest BCUT2D eigenvalue weighted by molar-refractivity contribution is 0.650. The Bertz CT molecular complexity index is 1540. The Balaban J connectivity index is 1.85. The van der Waals surface area contributed by atoms with Crippen LogP contribution in [-0.2, 0) is 5.41 Å². The second kappa shape index (κ2) is 7.81. The fourth-order valence-corrected chi connectivity index (χ4v) is 5.78. The van der Waals surface area contributed by atoms with Crippen molar-refractivity contribution in [1.82, 2.24) is 4.98 Å². The van der Waals surface area contributed by atoms with Crippen LogP contribution in [0.4, 0.5) is 0 Å². The Morgan fingerprint density at radius 2 is 1.50 bits per heavy atom. The number of fused-ring (bicyclic) bond motifs is 5. The van der Waals surface area contributed by atoms with Gasteiger partial charge in [0.1, 0.15) is 0 Å². The fraction of sp³-hybridized carbons (Fsp3) is 0.121. The van der Waals surface area contributed by atoms with Gasteiger partial charge in [0.2, 0.25) is 0 Å². The zero-order valence-electron chi connectivity index (χ0n) is 19.7. The highest BCUT2D eigenvalue weighted by Crippen LogP contribution is 2.58. The first-order chi connectivity index (χ1) is 16.6. The standard InChI is InChI=1S/C33H27N/c1-4-20-33(25-17-14-22(2)15-18-25)28-13-9-8-12-26(28)30-31(33)27-21-23(3)16-19-29(27)34-32(30)24-10-6-5-7-11-24/h4-19,21H,1,20H2,2-3H3. The average Bonchev–Trinajstić information content (AvgIpc) is 3.16. The number of hydrogen-bond donors (Lipinski definition) is 0. The lowest BCUT2D eigenvalue weighted by Crippen LogP contribution is -2.26. The predicted octanol–water partition coefficient (Wildman–Crippen LogP) is 8.41. The predicted molar refractivity (Wildman–Crippen MR) is 143 cm³/mol. The van der Waals surface area contributed by atoms with Crippen molar-refractivity contribution in [1.29, 1.82) is 0 Å². The smallest absolute Gasteiger partial charge is 0.0791 e. The molecule has 1 aliphatic rings. The zero-order valence-corrected chi connectivity index (χ0v) is 19.7. The van der Waals surface area contributed by atoms with Crippen LogP contribution in [0.3, 0.4) is 0 Å². The first-order valence-electron chi connectivity index (χ1n) is 11.9. The van der Waals surface area contributed by atoms with Gasteiger partial charge in [0, 0.05) is 16.5 Å². The maximum absolute atomic E-state index is 5.26. The molecule has 0 saturated carbocycles. The highest BCUT2D eigenvalue weighted by atomic mass is 14.7. The molecule has 5 aromatic rings. The van der Waals surface area contributed by atoms with E-state index < -0.39 is 0 Å². The molecule has 1 unspecified atom stereocenters. The van der Waals surface area contributed by atoms with E-state index in [1.807, 2.05) is 0 Å². The van der Waals surface area contributed by atoms with Crippen LogP contribution in [-0.4, -0.2) is 4.98 Å². The van der Waals surface area contributed by atoms with Crippen molar-refractivity contribution in [3.8, 4) is 22.4 Å². The average molecular weight is 438 g/mol. The van der Waals surface area contributed by atoms with Crippen molar-refractivity contribution >= 4 is 10.9 Å². The summed E-state index contributed by atoms with van der Waals surface area (Å²) in [6.07, 6.45) is 2.90. The third kappa shape index (κ3) is 2.90. The van der Waals surface area contributed by atoms with Crippen LogP contribution in [0, 0.1) is 13.8 Å². The summed E-state index contributed by atoms with van der Waals surface area (Å²) in [6.45, 7) is 8.54. The van der Waals surface area contributed by atoms with Crippen LogP contribution in [0.25, 0.3) is 33.3 Å². The third-order valence-electron chi connectivity index (χ3n) is 7.27. The third-order valence-corrected chi connectivity index (χ3v) is 7.27. The molecule has 1 heterocycles. The van der Waals surface area contributed by atoms with Crippen LogP contribution >= 0.6 is 0 Å². The van der Waals surface area contributed by atoms with Gasteiger partial charge in [-0.05, 0) is 54.7 Å². The molecule has 0 amide bonds. The van der Waals surface area contributed by atoms with Gasteiger partial charge in [0.25, 0.3) is 0 Å². The molecule has 0 spiro atoms. The minimum atomic E-state index is -0.320. The number of rotatable bonds is 4. The van der Waals surface area contributed by atoms with Crippen molar-refractivity contribution in [2.24, 2.45) is 0 Å². The Kier molecular flexibility index (Phi) is 4.74. The van der Waals surface area contributed by atoms with Crippen molar-refractivity contribution in [3.63, 3.8) is 0 Å². The van der Waals surface area contributed by atoms with E-state index in [0.29, 0.717) is 0 Å². The summed E-state index contributed by atoms with van der Waals surface area (Å²) in [5.41, 5.74) is 11.9. The van der Waals surface area contributed by atoms with Crippen molar-refractivity contribution in [2.75, 3.05) is 0 Å². The molecule has 1 aliphatic carbocycles. The zero-order chi connectivity index (χ0) is 23.3. The van der Waals surface area contributed by atoms with Crippen LogP contribution in [0.2, 0.25) is 0 Å². The molecule has 1 heteroatoms. The van der Waals surface area contributed by atoms with E-state index in [4.69, 9.17) is 4.98 Å². The SMILES string of the molecule is C=CCC1(c2ccc(C)cc2)c2ccccc2-c2c(-c3ccccc3)nc3ccc(C)cc3c21. The fourth-order valence-electron chi connectivity index (χ4n) is 5.78. The molecule has 164 valence electrons. The first-order valence-corrected chi connectivity index (χ1v) is 11.9. The monoisotopic (exact) mass is 437 g/mol. The normalized spacial score (nSPS) is 16.3. The summed E-state index contributed by atoms with van der Waals surface area (Å²) in [5.74, 6) is 0. The molecular weight excluding hydrogens is 410 g/mol. The lowest BCUT2D eigenvalue weighted by Gasteiger charge is -2.33. The Morgan fingerprint density at radius 1 is 0.794 bits per heavy atom. The lowest BCUT2D eigenvalue weighted by atomic mass is 9.69. The number of aromatic nitrogens is 1. The molecule has 6 rings (SSSR count). The maximum atomic E-state index is 5.26. The number of nitrogens with zero attached hydrogens (tertiary/aromatic N) is 1. The van der Waals surface area contributed by atoms with E-state index in [0.717, 1.165) is 23.2 Å². The topological polar surface area (TPSA) is 12.9 Å². The molecule has 0 N–H and O–H groups in total. The van der Waals surface area contributed by atoms with E-state index in [9.17, 15) is 0 Å². The summed E-state index contributed by atoms with van der Waals surface area (Å²) in [7, 11) is 0. The first kappa shape index (κ1) is 20.6. The van der Waals surface area contributed by atoms with E-state index in [2.05, 4.69) is 124 Å². The molecule has 0 aliphatic heterocycles. The highest BCUT2D eigenvalue weighted by molar-refractivity contribution is 6.02. The second-order valence-corrected chi connectivity index (χ2v) is 9.41. The van der Waals surface area contributed by atoms with Gasteiger partial charge < -0.3 is 0 Å². The van der Waals surface area contributed by atoms with Crippen molar-refractivity contribution in [3.05, 3.63) is 138 Å². The molecule has 34 heavy (non-hydrogen) atoms. The van der Waals surface area contributed by atoms with E-state index >= 15 is 0 Å². The largest absolute Gasteiger partial charge is 0.247 e. The minimum absolute atomic E-state index is 0.320.